The molecular weight excluding hydrogens is 348 g/mol. The van der Waals surface area contributed by atoms with Crippen LogP contribution in [0.3, 0.4) is 0 Å². The summed E-state index contributed by atoms with van der Waals surface area (Å²) in [6.07, 6.45) is 8.98. The number of ether oxygens (including phenoxy) is 2. The van der Waals surface area contributed by atoms with Gasteiger partial charge in [0.25, 0.3) is 0 Å². The van der Waals surface area contributed by atoms with E-state index in [4.69, 9.17) is 9.47 Å². The predicted octanol–water partition coefficient (Wildman–Crippen LogP) is 3.02. The van der Waals surface area contributed by atoms with E-state index in [1.165, 1.54) is 0 Å². The topological polar surface area (TPSA) is 59.2 Å². The highest BCUT2D eigenvalue weighted by Crippen LogP contribution is 2.78. The number of carbonyl (C=O) groups is 2. The van der Waals surface area contributed by atoms with E-state index in [1.807, 2.05) is 11.8 Å². The first-order valence-corrected chi connectivity index (χ1v) is 11.8. The average Bonchev–Trinajstić information content (AvgIpc) is 3.51. The van der Waals surface area contributed by atoms with Gasteiger partial charge in [0, 0.05) is 23.7 Å². The molecule has 4 aliphatic carbocycles. The van der Waals surface area contributed by atoms with Crippen LogP contribution in [-0.4, -0.2) is 47.5 Å². The zero-order valence-corrected chi connectivity index (χ0v) is 16.5. The summed E-state index contributed by atoms with van der Waals surface area (Å²) in [6, 6.07) is 0. The number of hydrogen-bond donors (Lipinski definition) is 0. The van der Waals surface area contributed by atoms with Gasteiger partial charge in [-0.15, -0.1) is 0 Å². The number of ketones is 2. The van der Waals surface area contributed by atoms with Crippen molar-refractivity contribution in [1.29, 1.82) is 0 Å². The van der Waals surface area contributed by atoms with Crippen molar-refractivity contribution in [3.8, 4) is 0 Å². The van der Waals surface area contributed by atoms with Crippen molar-refractivity contribution < 1.29 is 19.1 Å². The summed E-state index contributed by atoms with van der Waals surface area (Å²) in [5.41, 5.74) is -0.271. The average molecular weight is 377 g/mol. The number of thioether (sulfide) groups is 1. The van der Waals surface area contributed by atoms with Crippen LogP contribution < -0.4 is 0 Å². The van der Waals surface area contributed by atoms with Gasteiger partial charge in [-0.1, -0.05) is 6.92 Å². The fourth-order valence-corrected chi connectivity index (χ4v) is 8.74. The van der Waals surface area contributed by atoms with Crippen LogP contribution in [0.2, 0.25) is 0 Å². The van der Waals surface area contributed by atoms with Crippen molar-refractivity contribution in [2.24, 2.45) is 28.6 Å². The van der Waals surface area contributed by atoms with Crippen molar-refractivity contribution in [1.82, 2.24) is 0 Å². The molecule has 142 valence electrons. The van der Waals surface area contributed by atoms with Gasteiger partial charge in [0.2, 0.25) is 0 Å². The van der Waals surface area contributed by atoms with E-state index < -0.39 is 0 Å². The molecule has 0 aromatic carbocycles. The smallest absolute Gasteiger partial charge is 0.164 e. The second-order valence-electron chi connectivity index (χ2n) is 9.90. The Kier molecular flexibility index (Phi) is 3.16. The van der Waals surface area contributed by atoms with E-state index in [0.29, 0.717) is 35.7 Å². The fourth-order valence-electron chi connectivity index (χ4n) is 8.20. The number of hydrogen-bond acceptors (Lipinski definition) is 5. The first-order chi connectivity index (χ1) is 12.5. The molecule has 5 heteroatoms. The molecule has 0 aromatic heterocycles. The zero-order chi connectivity index (χ0) is 17.9. The lowest BCUT2D eigenvalue weighted by Gasteiger charge is -2.57. The Morgan fingerprint density at radius 3 is 2.85 bits per heavy atom. The standard InChI is InChI=1S/C21H28O4S/c1-19-10-16-21(25-16)13(12(19)5-6-15(19)23)4-3-11-9-14(22)17-18(24-17)20(11,21)7-8-26-2/h11-13,16-18H,3-10H2,1-2H3/t11?,12-,13-,16?,17?,18?,19-,20?,21?/m0/s1. The van der Waals surface area contributed by atoms with E-state index in [2.05, 4.69) is 13.2 Å². The third-order valence-electron chi connectivity index (χ3n) is 9.31. The number of epoxide rings is 2. The summed E-state index contributed by atoms with van der Waals surface area (Å²) < 4.78 is 12.7. The summed E-state index contributed by atoms with van der Waals surface area (Å²) in [7, 11) is 0. The molecule has 9 atom stereocenters. The highest BCUT2D eigenvalue weighted by Gasteiger charge is 2.85. The minimum Gasteiger partial charge on any atom is -0.365 e. The minimum absolute atomic E-state index is 0.00907. The molecule has 6 aliphatic rings. The van der Waals surface area contributed by atoms with E-state index in [9.17, 15) is 9.59 Å². The van der Waals surface area contributed by atoms with Gasteiger partial charge in [-0.3, -0.25) is 9.59 Å². The van der Waals surface area contributed by atoms with Crippen molar-refractivity contribution in [2.75, 3.05) is 12.0 Å². The molecule has 0 N–H and O–H groups in total. The molecule has 2 saturated heterocycles. The van der Waals surface area contributed by atoms with Crippen LogP contribution >= 0.6 is 11.8 Å². The third kappa shape index (κ3) is 1.65. The van der Waals surface area contributed by atoms with Crippen molar-refractivity contribution >= 4 is 23.3 Å². The summed E-state index contributed by atoms with van der Waals surface area (Å²) >= 11 is 1.89. The van der Waals surface area contributed by atoms with Crippen molar-refractivity contribution in [2.45, 2.75) is 75.8 Å². The Balaban J connectivity index is 1.46. The molecule has 6 unspecified atom stereocenters. The predicted molar refractivity (Wildman–Crippen MR) is 98.0 cm³/mol. The van der Waals surface area contributed by atoms with Crippen LogP contribution in [0.5, 0.6) is 0 Å². The number of Topliss-reactive ketones (excluding diaryl/α,β-unsaturated/α-hetero) is 2. The van der Waals surface area contributed by atoms with E-state index in [-0.39, 0.29) is 34.7 Å². The van der Waals surface area contributed by atoms with Gasteiger partial charge in [0.1, 0.15) is 23.6 Å². The van der Waals surface area contributed by atoms with E-state index in [1.54, 1.807) is 0 Å². The SMILES string of the molecule is CSCCC12C(CC[C@H]3[C@@H]4CCC(=O)[C@@]4(C)CC4OC431)CC(=O)C1OC12. The van der Waals surface area contributed by atoms with Crippen molar-refractivity contribution in [3.63, 3.8) is 0 Å². The Labute approximate surface area is 159 Å². The fraction of sp³-hybridized carbons (Fsp3) is 0.905. The van der Waals surface area contributed by atoms with Gasteiger partial charge in [-0.2, -0.15) is 11.8 Å². The van der Waals surface area contributed by atoms with Crippen LogP contribution in [-0.2, 0) is 19.1 Å². The first kappa shape index (κ1) is 16.6. The summed E-state index contributed by atoms with van der Waals surface area (Å²) in [5.74, 6) is 3.25. The second kappa shape index (κ2) is 4.96. The third-order valence-corrected chi connectivity index (χ3v) is 9.92. The maximum atomic E-state index is 12.7. The Hall–Kier alpha value is -0.390. The second-order valence-corrected chi connectivity index (χ2v) is 10.9. The van der Waals surface area contributed by atoms with Gasteiger partial charge in [0.05, 0.1) is 6.10 Å². The van der Waals surface area contributed by atoms with E-state index in [0.717, 1.165) is 44.3 Å². The molecule has 2 aliphatic heterocycles. The molecule has 0 amide bonds. The van der Waals surface area contributed by atoms with Gasteiger partial charge in [-0.05, 0) is 61.9 Å². The lowest BCUT2D eigenvalue weighted by Crippen LogP contribution is -2.64. The van der Waals surface area contributed by atoms with Gasteiger partial charge in [-0.25, -0.2) is 0 Å². The molecule has 6 fully saturated rings. The van der Waals surface area contributed by atoms with Crippen LogP contribution in [0.15, 0.2) is 0 Å². The zero-order valence-electron chi connectivity index (χ0n) is 15.7. The largest absolute Gasteiger partial charge is 0.365 e. The summed E-state index contributed by atoms with van der Waals surface area (Å²) in [6.45, 7) is 2.21. The molecule has 26 heavy (non-hydrogen) atoms. The highest BCUT2D eigenvalue weighted by molar-refractivity contribution is 7.98. The van der Waals surface area contributed by atoms with Gasteiger partial charge in [0.15, 0.2) is 5.78 Å². The number of fused-ring (bicyclic) bond motifs is 5. The molecule has 0 aromatic rings. The van der Waals surface area contributed by atoms with Crippen LogP contribution in [0.1, 0.15) is 51.9 Å². The molecule has 1 spiro atoms. The van der Waals surface area contributed by atoms with Gasteiger partial charge < -0.3 is 9.47 Å². The van der Waals surface area contributed by atoms with Crippen LogP contribution in [0, 0.1) is 28.6 Å². The molecule has 6 rings (SSSR count). The normalized spacial score (nSPS) is 59.0. The molecule has 0 radical (unpaired) electrons. The highest BCUT2D eigenvalue weighted by atomic mass is 32.2. The molecular formula is C21H28O4S. The quantitative estimate of drug-likeness (QED) is 0.709. The molecule has 4 saturated carbocycles. The van der Waals surface area contributed by atoms with Gasteiger partial charge >= 0.3 is 0 Å². The van der Waals surface area contributed by atoms with Crippen LogP contribution in [0.4, 0.5) is 0 Å². The Morgan fingerprint density at radius 1 is 1.19 bits per heavy atom. The lowest BCUT2D eigenvalue weighted by molar-refractivity contribution is -0.139. The van der Waals surface area contributed by atoms with Crippen LogP contribution in [0.25, 0.3) is 0 Å². The summed E-state index contributed by atoms with van der Waals surface area (Å²) in [4.78, 5) is 25.1. The minimum atomic E-state index is -0.169. The maximum Gasteiger partial charge on any atom is 0.164 e. The maximum absolute atomic E-state index is 12.7. The Morgan fingerprint density at radius 2 is 2.04 bits per heavy atom. The molecule has 0 bridgehead atoms. The molecule has 4 nitrogen and oxygen atoms in total. The first-order valence-electron chi connectivity index (χ1n) is 10.4. The Bertz CT molecular complexity index is 708. The van der Waals surface area contributed by atoms with Crippen molar-refractivity contribution in [3.05, 3.63) is 0 Å². The monoisotopic (exact) mass is 376 g/mol. The lowest BCUT2D eigenvalue weighted by atomic mass is 9.43. The number of carbonyl (C=O) groups excluding carboxylic acids is 2. The number of rotatable bonds is 3. The summed E-state index contributed by atoms with van der Waals surface area (Å²) in [5, 5.41) is 0. The molecule has 2 heterocycles. The van der Waals surface area contributed by atoms with E-state index >= 15 is 0 Å².